The fourth-order valence-electron chi connectivity index (χ4n) is 2.27. The Balaban J connectivity index is 2.44. The highest BCUT2D eigenvalue weighted by Gasteiger charge is 2.60. The minimum absolute atomic E-state index is 0.0969. The lowest BCUT2D eigenvalue weighted by molar-refractivity contribution is -0.372. The van der Waals surface area contributed by atoms with E-state index in [0.717, 1.165) is 0 Å². The first kappa shape index (κ1) is 15.7. The number of carbonyl (C=O) groups is 3. The van der Waals surface area contributed by atoms with Gasteiger partial charge >= 0.3 is 23.9 Å². The van der Waals surface area contributed by atoms with Crippen LogP contribution in [-0.2, 0) is 28.6 Å². The molecule has 4 unspecified atom stereocenters. The molecule has 9 heteroatoms. The molecule has 2 aliphatic rings. The Bertz CT molecular complexity index is 475. The Kier molecular flexibility index (Phi) is 3.91. The van der Waals surface area contributed by atoms with E-state index in [-0.39, 0.29) is 6.42 Å². The highest BCUT2D eigenvalue weighted by molar-refractivity contribution is 5.92. The quantitative estimate of drug-likeness (QED) is 0.522. The molecule has 0 aromatic heterocycles. The van der Waals surface area contributed by atoms with Gasteiger partial charge in [-0.15, -0.1) is 0 Å². The van der Waals surface area contributed by atoms with E-state index in [9.17, 15) is 29.7 Å². The number of aliphatic hydroxyl groups excluding tert-OH is 1. The van der Waals surface area contributed by atoms with Crippen molar-refractivity contribution in [3.8, 4) is 0 Å². The maximum atomic E-state index is 11.8. The molecular formula is C12H16O9. The molecule has 2 heterocycles. The van der Waals surface area contributed by atoms with E-state index >= 15 is 0 Å². The van der Waals surface area contributed by atoms with Crippen molar-refractivity contribution in [3.05, 3.63) is 0 Å². The van der Waals surface area contributed by atoms with Crippen LogP contribution in [-0.4, -0.2) is 57.0 Å². The van der Waals surface area contributed by atoms with Crippen LogP contribution in [0, 0.1) is 0 Å². The first-order valence-electron chi connectivity index (χ1n) is 6.48. The summed E-state index contributed by atoms with van der Waals surface area (Å²) in [6.07, 6.45) is -4.35. The molecule has 0 amide bonds. The molecule has 2 bridgehead atoms. The summed E-state index contributed by atoms with van der Waals surface area (Å²) in [6.45, 7) is 1.72. The molecule has 0 aromatic rings. The van der Waals surface area contributed by atoms with Crippen LogP contribution >= 0.6 is 0 Å². The fraction of sp³-hybridized carbons (Fsp3) is 0.750. The van der Waals surface area contributed by atoms with Gasteiger partial charge in [0.2, 0.25) is 6.10 Å². The average Bonchev–Trinajstić information content (AvgIpc) is 2.38. The second-order valence-electron chi connectivity index (χ2n) is 5.15. The Labute approximate surface area is 119 Å². The number of cyclic esters (lactones) is 1. The van der Waals surface area contributed by atoms with E-state index < -0.39 is 54.5 Å². The van der Waals surface area contributed by atoms with Crippen molar-refractivity contribution in [2.24, 2.45) is 0 Å². The Morgan fingerprint density at radius 3 is 2.43 bits per heavy atom. The third kappa shape index (κ3) is 2.85. The van der Waals surface area contributed by atoms with Gasteiger partial charge in [-0.1, -0.05) is 13.3 Å². The van der Waals surface area contributed by atoms with E-state index in [2.05, 4.69) is 9.47 Å². The van der Waals surface area contributed by atoms with Crippen LogP contribution in [0.4, 0.5) is 0 Å². The summed E-state index contributed by atoms with van der Waals surface area (Å²) in [6, 6.07) is 0. The minimum Gasteiger partial charge on any atom is -0.448 e. The van der Waals surface area contributed by atoms with Crippen LogP contribution in [0.2, 0.25) is 0 Å². The Morgan fingerprint density at radius 2 is 1.81 bits per heavy atom. The molecule has 0 saturated carbocycles. The van der Waals surface area contributed by atoms with E-state index in [4.69, 9.17) is 4.74 Å². The highest BCUT2D eigenvalue weighted by Crippen LogP contribution is 2.35. The normalized spacial score (nSPS) is 37.7. The summed E-state index contributed by atoms with van der Waals surface area (Å²) in [5.74, 6) is -6.58. The number of hydrogen-bond donors (Lipinski definition) is 3. The number of aliphatic hydroxyl groups is 3. The third-order valence-electron chi connectivity index (χ3n) is 3.30. The van der Waals surface area contributed by atoms with Crippen LogP contribution < -0.4 is 0 Å². The van der Waals surface area contributed by atoms with Gasteiger partial charge in [-0.3, -0.25) is 9.59 Å². The van der Waals surface area contributed by atoms with Gasteiger partial charge < -0.3 is 29.5 Å². The molecule has 0 aliphatic carbocycles. The number of carbonyl (C=O) groups excluding carboxylic acids is 3. The van der Waals surface area contributed by atoms with Crippen molar-refractivity contribution in [2.75, 3.05) is 0 Å². The van der Waals surface area contributed by atoms with Crippen molar-refractivity contribution in [2.45, 2.75) is 56.4 Å². The number of esters is 3. The molecular weight excluding hydrogens is 288 g/mol. The molecule has 3 N–H and O–H groups in total. The molecule has 0 radical (unpaired) electrons. The van der Waals surface area contributed by atoms with Crippen LogP contribution in [0.3, 0.4) is 0 Å². The van der Waals surface area contributed by atoms with Crippen LogP contribution in [0.25, 0.3) is 0 Å². The predicted octanol–water partition coefficient (Wildman–Crippen LogP) is -1.67. The van der Waals surface area contributed by atoms with Crippen molar-refractivity contribution < 1.29 is 43.9 Å². The third-order valence-corrected chi connectivity index (χ3v) is 3.30. The van der Waals surface area contributed by atoms with Crippen LogP contribution in [0.15, 0.2) is 0 Å². The number of fused-ring (bicyclic) bond motifs is 3. The smallest absolute Gasteiger partial charge is 0.415 e. The van der Waals surface area contributed by atoms with Gasteiger partial charge in [-0.25, -0.2) is 4.79 Å². The first-order chi connectivity index (χ1) is 9.70. The van der Waals surface area contributed by atoms with Gasteiger partial charge in [-0.05, 0) is 6.42 Å². The van der Waals surface area contributed by atoms with Gasteiger partial charge in [0.15, 0.2) is 5.60 Å². The average molecular weight is 304 g/mol. The molecule has 9 nitrogen and oxygen atoms in total. The number of hydrogen-bond acceptors (Lipinski definition) is 9. The van der Waals surface area contributed by atoms with Crippen molar-refractivity contribution in [1.29, 1.82) is 0 Å². The molecule has 4 atom stereocenters. The topological polar surface area (TPSA) is 140 Å². The Morgan fingerprint density at radius 1 is 1.19 bits per heavy atom. The van der Waals surface area contributed by atoms with E-state index in [1.165, 1.54) is 0 Å². The zero-order chi connectivity index (χ0) is 15.8. The number of rotatable bonds is 3. The molecule has 2 fully saturated rings. The second-order valence-corrected chi connectivity index (χ2v) is 5.15. The van der Waals surface area contributed by atoms with Gasteiger partial charge in [0.1, 0.15) is 6.10 Å². The highest BCUT2D eigenvalue weighted by atomic mass is 16.9. The standard InChI is InChI=1S/C12H16O9/c1-2-3-6(13)9-12(18)20-8(15)5-11(17,10(16)21-12)4-7(14)19-9/h6,9,13,17-18H,2-5H2,1H3. The van der Waals surface area contributed by atoms with Crippen molar-refractivity contribution in [3.63, 3.8) is 0 Å². The summed E-state index contributed by atoms with van der Waals surface area (Å²) in [5.41, 5.74) is -2.46. The van der Waals surface area contributed by atoms with Gasteiger partial charge in [-0.2, -0.15) is 0 Å². The molecule has 21 heavy (non-hydrogen) atoms. The van der Waals surface area contributed by atoms with Crippen molar-refractivity contribution >= 4 is 17.9 Å². The predicted molar refractivity (Wildman–Crippen MR) is 62.1 cm³/mol. The lowest BCUT2D eigenvalue weighted by Crippen LogP contribution is -2.58. The number of ether oxygens (including phenoxy) is 3. The minimum atomic E-state index is -2.97. The van der Waals surface area contributed by atoms with Crippen LogP contribution in [0.1, 0.15) is 32.6 Å². The van der Waals surface area contributed by atoms with Crippen LogP contribution in [0.5, 0.6) is 0 Å². The lowest BCUT2D eigenvalue weighted by Gasteiger charge is -2.36. The van der Waals surface area contributed by atoms with E-state index in [1.54, 1.807) is 6.92 Å². The zero-order valence-corrected chi connectivity index (χ0v) is 11.3. The first-order valence-corrected chi connectivity index (χ1v) is 6.48. The lowest BCUT2D eigenvalue weighted by atomic mass is 9.95. The summed E-state index contributed by atoms with van der Waals surface area (Å²) in [7, 11) is 0. The molecule has 2 rings (SSSR count). The fourth-order valence-corrected chi connectivity index (χ4v) is 2.27. The molecule has 0 spiro atoms. The maximum Gasteiger partial charge on any atom is 0.415 e. The zero-order valence-electron chi connectivity index (χ0n) is 11.3. The molecule has 2 saturated heterocycles. The second kappa shape index (κ2) is 5.24. The SMILES string of the molecule is CCCC(O)C1OC(=O)CC2(O)CC(=O)OC1(O)OC2=O. The molecule has 0 aromatic carbocycles. The summed E-state index contributed by atoms with van der Waals surface area (Å²) in [4.78, 5) is 35.2. The molecule has 2 aliphatic heterocycles. The summed E-state index contributed by atoms with van der Waals surface area (Å²) >= 11 is 0. The Hall–Kier alpha value is -1.71. The van der Waals surface area contributed by atoms with Gasteiger partial charge in [0.25, 0.3) is 0 Å². The maximum absolute atomic E-state index is 11.8. The molecule has 118 valence electrons. The monoisotopic (exact) mass is 304 g/mol. The summed E-state index contributed by atoms with van der Waals surface area (Å²) < 4.78 is 14.0. The van der Waals surface area contributed by atoms with Gasteiger partial charge in [0.05, 0.1) is 12.8 Å². The van der Waals surface area contributed by atoms with E-state index in [0.29, 0.717) is 6.42 Å². The van der Waals surface area contributed by atoms with Crippen molar-refractivity contribution in [1.82, 2.24) is 0 Å². The van der Waals surface area contributed by atoms with E-state index in [1.807, 2.05) is 0 Å². The summed E-state index contributed by atoms with van der Waals surface area (Å²) in [5, 5.41) is 30.1. The van der Waals surface area contributed by atoms with Gasteiger partial charge in [0, 0.05) is 0 Å². The largest absolute Gasteiger partial charge is 0.448 e.